The first-order chi connectivity index (χ1) is 24.7. The summed E-state index contributed by atoms with van der Waals surface area (Å²) in [6.45, 7) is 7.42. The first kappa shape index (κ1) is 32.0. The Labute approximate surface area is 295 Å². The van der Waals surface area contributed by atoms with Crippen LogP contribution in [0.2, 0.25) is 0 Å². The summed E-state index contributed by atoms with van der Waals surface area (Å²) in [6, 6.07) is 8.80. The number of pyridine rings is 1. The standard InChI is InChI=1S/C39H39FN6O5/c1-4-24-6-5-7-25-12-28(51-22-49-3)13-29(31(24)25)33-32(40)34-30(15-41-33)35(44-17-26-8-9-27(18-44)46(26)37(47)48)43-36(42-34)50-21-39-14-23(2)16-45(39)20-38(19-39)10-11-38/h1,5-7,12-13,15,26-27H,2,8-11,14,16-22H2,3H3,(H,47,48)/t26-,27+,39?. The molecule has 4 aliphatic heterocycles. The van der Waals surface area contributed by atoms with Crippen molar-refractivity contribution in [3.05, 3.63) is 60.1 Å². The third-order valence-corrected chi connectivity index (χ3v) is 11.7. The minimum atomic E-state index is -0.918. The zero-order chi connectivity index (χ0) is 35.1. The molecular weight excluding hydrogens is 651 g/mol. The van der Waals surface area contributed by atoms with E-state index < -0.39 is 11.9 Å². The molecule has 1 amide bonds. The van der Waals surface area contributed by atoms with E-state index in [-0.39, 0.29) is 41.6 Å². The molecule has 5 aliphatic rings. The quantitative estimate of drug-likeness (QED) is 0.137. The molecule has 12 heteroatoms. The lowest BCUT2D eigenvalue weighted by atomic mass is 9.88. The zero-order valence-corrected chi connectivity index (χ0v) is 28.5. The maximum Gasteiger partial charge on any atom is 0.407 e. The smallest absolute Gasteiger partial charge is 0.407 e. The minimum absolute atomic E-state index is 0.00913. The van der Waals surface area contributed by atoms with Crippen molar-refractivity contribution in [3.8, 4) is 35.4 Å². The molecule has 1 saturated carbocycles. The molecule has 5 fully saturated rings. The summed E-state index contributed by atoms with van der Waals surface area (Å²) in [7, 11) is 1.53. The predicted molar refractivity (Wildman–Crippen MR) is 189 cm³/mol. The number of halogens is 1. The van der Waals surface area contributed by atoms with Crippen molar-refractivity contribution in [2.45, 2.75) is 56.1 Å². The highest BCUT2D eigenvalue weighted by molar-refractivity contribution is 6.03. The summed E-state index contributed by atoms with van der Waals surface area (Å²) in [6.07, 6.45) is 12.5. The highest BCUT2D eigenvalue weighted by atomic mass is 19.1. The van der Waals surface area contributed by atoms with Gasteiger partial charge in [-0.05, 0) is 67.5 Å². The number of amides is 1. The van der Waals surface area contributed by atoms with Gasteiger partial charge < -0.3 is 24.2 Å². The molecule has 3 atom stereocenters. The van der Waals surface area contributed by atoms with Gasteiger partial charge in [0.05, 0.1) is 23.0 Å². The number of rotatable bonds is 8. The Bertz CT molecular complexity index is 2150. The van der Waals surface area contributed by atoms with Crippen LogP contribution >= 0.6 is 0 Å². The number of ether oxygens (including phenoxy) is 3. The molecule has 0 radical (unpaired) electrons. The fourth-order valence-electron chi connectivity index (χ4n) is 9.35. The average molecular weight is 691 g/mol. The predicted octanol–water partition coefficient (Wildman–Crippen LogP) is 5.84. The fraction of sp³-hybridized carbons (Fsp3) is 0.436. The molecular formula is C39H39FN6O5. The normalized spacial score (nSPS) is 24.8. The van der Waals surface area contributed by atoms with Crippen LogP contribution < -0.4 is 14.4 Å². The van der Waals surface area contributed by atoms with Crippen LogP contribution in [0.4, 0.5) is 15.0 Å². The Balaban J connectivity index is 1.17. The number of nitrogens with zero attached hydrogens (tertiary/aromatic N) is 6. The third-order valence-electron chi connectivity index (χ3n) is 11.7. The third kappa shape index (κ3) is 5.24. The number of methoxy groups -OCH3 is 1. The minimum Gasteiger partial charge on any atom is -0.468 e. The van der Waals surface area contributed by atoms with E-state index in [4.69, 9.17) is 30.6 Å². The van der Waals surface area contributed by atoms with E-state index in [9.17, 15) is 9.90 Å². The Morgan fingerprint density at radius 2 is 1.98 bits per heavy atom. The van der Waals surface area contributed by atoms with E-state index in [1.165, 1.54) is 25.5 Å². The van der Waals surface area contributed by atoms with Gasteiger partial charge in [0.2, 0.25) is 0 Å². The number of benzene rings is 2. The van der Waals surface area contributed by atoms with Crippen LogP contribution in [0.25, 0.3) is 32.9 Å². The fourth-order valence-corrected chi connectivity index (χ4v) is 9.35. The zero-order valence-electron chi connectivity index (χ0n) is 28.5. The summed E-state index contributed by atoms with van der Waals surface area (Å²) in [4.78, 5) is 32.5. The van der Waals surface area contributed by atoms with Crippen molar-refractivity contribution in [2.75, 3.05) is 51.6 Å². The van der Waals surface area contributed by atoms with E-state index in [2.05, 4.69) is 22.4 Å². The number of aromatic nitrogens is 3. The number of piperazine rings is 1. The summed E-state index contributed by atoms with van der Waals surface area (Å²) in [5, 5.41) is 11.8. The number of terminal acetylenes is 1. The highest BCUT2D eigenvalue weighted by Crippen LogP contribution is 2.61. The van der Waals surface area contributed by atoms with Gasteiger partial charge >= 0.3 is 12.1 Å². The van der Waals surface area contributed by atoms with Gasteiger partial charge in [0, 0.05) is 56.0 Å². The second-order valence-corrected chi connectivity index (χ2v) is 15.0. The number of fused-ring (bicyclic) bond motifs is 5. The molecule has 6 heterocycles. The molecule has 9 rings (SSSR count). The average Bonchev–Trinajstić information content (AvgIpc) is 3.61. The van der Waals surface area contributed by atoms with Crippen molar-refractivity contribution < 1.29 is 28.5 Å². The number of anilines is 1. The molecule has 1 unspecified atom stereocenters. The van der Waals surface area contributed by atoms with Crippen LogP contribution in [-0.2, 0) is 4.74 Å². The van der Waals surface area contributed by atoms with E-state index >= 15 is 4.39 Å². The van der Waals surface area contributed by atoms with Gasteiger partial charge in [0.1, 0.15) is 29.4 Å². The Kier molecular flexibility index (Phi) is 7.38. The lowest BCUT2D eigenvalue weighted by molar-refractivity contribution is 0.0512. The van der Waals surface area contributed by atoms with E-state index in [0.29, 0.717) is 58.6 Å². The Morgan fingerprint density at radius 3 is 2.71 bits per heavy atom. The van der Waals surface area contributed by atoms with Crippen molar-refractivity contribution in [1.29, 1.82) is 0 Å². The maximum atomic E-state index is 17.2. The van der Waals surface area contributed by atoms with Crippen molar-refractivity contribution in [1.82, 2.24) is 24.8 Å². The topological polar surface area (TPSA) is 113 Å². The largest absolute Gasteiger partial charge is 0.468 e. The molecule has 1 aliphatic carbocycles. The molecule has 262 valence electrons. The molecule has 1 spiro atoms. The van der Waals surface area contributed by atoms with Gasteiger partial charge in [0.25, 0.3) is 0 Å². The van der Waals surface area contributed by atoms with Crippen LogP contribution in [0, 0.1) is 23.6 Å². The Morgan fingerprint density at radius 1 is 1.18 bits per heavy atom. The SMILES string of the molecule is C#Cc1cccc2cc(OCOC)cc(-c3ncc4c(N5C[C@H]6CC[C@@H](C5)N6C(=O)O)nc(OCC56CC(=C)CN5CC5(CC5)C6)nc4c3F)c12. The molecule has 4 saturated heterocycles. The van der Waals surface area contributed by atoms with Crippen molar-refractivity contribution in [3.63, 3.8) is 0 Å². The summed E-state index contributed by atoms with van der Waals surface area (Å²) < 4.78 is 34.7. The van der Waals surface area contributed by atoms with E-state index in [0.717, 1.165) is 44.2 Å². The Hall–Kier alpha value is -4.99. The highest BCUT2D eigenvalue weighted by Gasteiger charge is 2.61. The van der Waals surface area contributed by atoms with Crippen molar-refractivity contribution in [2.24, 2.45) is 5.41 Å². The van der Waals surface area contributed by atoms with E-state index in [1.807, 2.05) is 29.2 Å². The van der Waals surface area contributed by atoms with Gasteiger partial charge in [-0.15, -0.1) is 6.42 Å². The van der Waals surface area contributed by atoms with Gasteiger partial charge in [-0.1, -0.05) is 30.2 Å². The molecule has 2 aromatic heterocycles. The van der Waals surface area contributed by atoms with Crippen LogP contribution in [0.15, 0.2) is 48.7 Å². The molecule has 1 N–H and O–H groups in total. The summed E-state index contributed by atoms with van der Waals surface area (Å²) in [5.74, 6) is 3.05. The van der Waals surface area contributed by atoms with Gasteiger partial charge in [-0.25, -0.2) is 9.18 Å². The first-order valence-corrected chi connectivity index (χ1v) is 17.5. The first-order valence-electron chi connectivity index (χ1n) is 17.5. The number of carbonyl (C=O) groups is 1. The lowest BCUT2D eigenvalue weighted by Gasteiger charge is -2.40. The molecule has 2 aromatic carbocycles. The van der Waals surface area contributed by atoms with Gasteiger partial charge in [-0.2, -0.15) is 9.97 Å². The summed E-state index contributed by atoms with van der Waals surface area (Å²) >= 11 is 0. The maximum absolute atomic E-state index is 17.2. The second kappa shape index (κ2) is 11.8. The summed E-state index contributed by atoms with van der Waals surface area (Å²) in [5.41, 5.74) is 2.54. The molecule has 51 heavy (non-hydrogen) atoms. The van der Waals surface area contributed by atoms with Crippen LogP contribution in [0.1, 0.15) is 44.1 Å². The lowest BCUT2D eigenvalue weighted by Crippen LogP contribution is -2.55. The second-order valence-electron chi connectivity index (χ2n) is 15.0. The monoisotopic (exact) mass is 690 g/mol. The molecule has 11 nitrogen and oxygen atoms in total. The number of carboxylic acid groups (broad SMARTS) is 1. The van der Waals surface area contributed by atoms with Crippen molar-refractivity contribution >= 4 is 33.6 Å². The molecule has 2 bridgehead atoms. The van der Waals surface area contributed by atoms with Gasteiger partial charge in [-0.3, -0.25) is 14.8 Å². The number of hydrogen-bond donors (Lipinski definition) is 1. The van der Waals surface area contributed by atoms with Crippen LogP contribution in [-0.4, -0.2) is 100 Å². The number of hydrogen-bond acceptors (Lipinski definition) is 9. The van der Waals surface area contributed by atoms with Crippen LogP contribution in [0.5, 0.6) is 11.8 Å². The van der Waals surface area contributed by atoms with Crippen LogP contribution in [0.3, 0.4) is 0 Å². The van der Waals surface area contributed by atoms with E-state index in [1.54, 1.807) is 17.2 Å². The molecule has 4 aromatic rings. The van der Waals surface area contributed by atoms with Gasteiger partial charge in [0.15, 0.2) is 12.6 Å².